The van der Waals surface area contributed by atoms with Gasteiger partial charge in [0, 0.05) is 11.3 Å². The first-order valence-corrected chi connectivity index (χ1v) is 12.9. The van der Waals surface area contributed by atoms with E-state index in [-0.39, 0.29) is 4.90 Å². The Morgan fingerprint density at radius 3 is 2.44 bits per heavy atom. The van der Waals surface area contributed by atoms with Crippen LogP contribution in [0.25, 0.3) is 10.2 Å². The lowest BCUT2D eigenvalue weighted by Gasteiger charge is -2.08. The first-order valence-electron chi connectivity index (χ1n) is 10.6. The maximum Gasteiger partial charge on any atom is 0.279 e. The molecule has 6 nitrogen and oxygen atoms in total. The van der Waals surface area contributed by atoms with Crippen LogP contribution in [0.4, 0.5) is 5.69 Å². The second-order valence-electron chi connectivity index (χ2n) is 7.74. The van der Waals surface area contributed by atoms with Crippen LogP contribution in [0.2, 0.25) is 0 Å². The third-order valence-corrected chi connectivity index (χ3v) is 7.76. The van der Waals surface area contributed by atoms with E-state index in [1.165, 1.54) is 16.9 Å². The Kier molecular flexibility index (Phi) is 6.68. The van der Waals surface area contributed by atoms with Crippen molar-refractivity contribution in [1.82, 2.24) is 4.57 Å². The summed E-state index contributed by atoms with van der Waals surface area (Å²) in [6.07, 6.45) is 6.46. The van der Waals surface area contributed by atoms with Crippen LogP contribution in [0, 0.1) is 19.3 Å². The zero-order valence-corrected chi connectivity index (χ0v) is 20.4. The fourth-order valence-corrected chi connectivity index (χ4v) is 5.58. The molecular weight excluding hydrogens is 466 g/mol. The Morgan fingerprint density at radius 2 is 1.79 bits per heavy atom. The second-order valence-corrected chi connectivity index (χ2v) is 10.4. The van der Waals surface area contributed by atoms with Crippen molar-refractivity contribution < 1.29 is 13.2 Å². The van der Waals surface area contributed by atoms with Crippen molar-refractivity contribution in [2.24, 2.45) is 4.99 Å². The summed E-state index contributed by atoms with van der Waals surface area (Å²) in [5.74, 6) is 2.19. The van der Waals surface area contributed by atoms with Gasteiger partial charge in [-0.25, -0.2) is 8.42 Å². The van der Waals surface area contributed by atoms with Gasteiger partial charge in [0.1, 0.15) is 0 Å². The molecular formula is C26H23N3O3S2. The Bertz CT molecular complexity index is 1570. The summed E-state index contributed by atoms with van der Waals surface area (Å²) >= 11 is 1.41. The van der Waals surface area contributed by atoms with Gasteiger partial charge in [-0.3, -0.25) is 9.52 Å². The molecule has 0 spiro atoms. The van der Waals surface area contributed by atoms with Crippen LogP contribution in [0.5, 0.6) is 0 Å². The van der Waals surface area contributed by atoms with Gasteiger partial charge >= 0.3 is 0 Å². The first-order chi connectivity index (χ1) is 16.3. The molecule has 0 saturated heterocycles. The van der Waals surface area contributed by atoms with Crippen LogP contribution >= 0.6 is 11.3 Å². The standard InChI is InChI=1S/C26H23N3O3S2/c1-4-16-29-23-15-8-19(5-2)17-24(23)33-26(29)27-25(30)20-9-11-21(12-10-20)28-34(31,32)22-13-6-18(3)7-14-22/h1,6-15,17,28H,5,16H2,2-3H3. The topological polar surface area (TPSA) is 80.5 Å². The predicted molar refractivity (Wildman–Crippen MR) is 136 cm³/mol. The molecule has 8 heteroatoms. The molecule has 1 N–H and O–H groups in total. The molecule has 0 aliphatic rings. The van der Waals surface area contributed by atoms with Gasteiger partial charge < -0.3 is 4.57 Å². The van der Waals surface area contributed by atoms with Gasteiger partial charge in [-0.05, 0) is 67.4 Å². The highest BCUT2D eigenvalue weighted by Gasteiger charge is 2.15. The van der Waals surface area contributed by atoms with Gasteiger partial charge in [0.25, 0.3) is 15.9 Å². The monoisotopic (exact) mass is 489 g/mol. The quantitative estimate of drug-likeness (QED) is 0.397. The van der Waals surface area contributed by atoms with Gasteiger partial charge in [-0.15, -0.1) is 6.42 Å². The maximum atomic E-state index is 12.9. The van der Waals surface area contributed by atoms with E-state index in [2.05, 4.69) is 28.6 Å². The smallest absolute Gasteiger partial charge is 0.279 e. The molecule has 34 heavy (non-hydrogen) atoms. The highest BCUT2D eigenvalue weighted by Crippen LogP contribution is 2.20. The van der Waals surface area contributed by atoms with Gasteiger partial charge in [0.2, 0.25) is 0 Å². The summed E-state index contributed by atoms with van der Waals surface area (Å²) in [6.45, 7) is 4.28. The van der Waals surface area contributed by atoms with Crippen molar-refractivity contribution in [2.45, 2.75) is 31.7 Å². The Hall–Kier alpha value is -3.67. The van der Waals surface area contributed by atoms with Gasteiger partial charge in [0.05, 0.1) is 21.7 Å². The first kappa shape index (κ1) is 23.5. The summed E-state index contributed by atoms with van der Waals surface area (Å²) in [4.78, 5) is 17.9. The number of anilines is 1. The van der Waals surface area contributed by atoms with Crippen LogP contribution in [0.15, 0.2) is 76.6 Å². The normalized spacial score (nSPS) is 12.0. The molecule has 1 aromatic heterocycles. The zero-order chi connectivity index (χ0) is 24.3. The molecule has 4 aromatic rings. The molecule has 0 bridgehead atoms. The van der Waals surface area contributed by atoms with Crippen LogP contribution in [0.1, 0.15) is 28.4 Å². The number of thiazole rings is 1. The summed E-state index contributed by atoms with van der Waals surface area (Å²) in [6, 6.07) is 18.9. The summed E-state index contributed by atoms with van der Waals surface area (Å²) in [5.41, 5.74) is 3.81. The van der Waals surface area contributed by atoms with Crippen molar-refractivity contribution in [3.05, 3.63) is 88.2 Å². The third-order valence-electron chi connectivity index (χ3n) is 5.32. The van der Waals surface area contributed by atoms with E-state index < -0.39 is 15.9 Å². The van der Waals surface area contributed by atoms with Crippen molar-refractivity contribution in [3.8, 4) is 12.3 Å². The average molecular weight is 490 g/mol. The number of amides is 1. The molecule has 1 heterocycles. The number of nitrogens with zero attached hydrogens (tertiary/aromatic N) is 2. The molecule has 0 atom stereocenters. The number of aromatic nitrogens is 1. The molecule has 4 rings (SSSR count). The molecule has 0 unspecified atom stereocenters. The van der Waals surface area contributed by atoms with Crippen LogP contribution in [0.3, 0.4) is 0 Å². The lowest BCUT2D eigenvalue weighted by Crippen LogP contribution is -2.16. The third kappa shape index (κ3) is 4.96. The number of hydrogen-bond acceptors (Lipinski definition) is 4. The van der Waals surface area contributed by atoms with E-state index in [0.717, 1.165) is 22.2 Å². The fourth-order valence-electron chi connectivity index (χ4n) is 3.43. The Balaban J connectivity index is 1.61. The SMILES string of the molecule is C#CCn1c(=NC(=O)c2ccc(NS(=O)(=O)c3ccc(C)cc3)cc2)sc2cc(CC)ccc21. The fraction of sp³-hybridized carbons (Fsp3) is 0.154. The van der Waals surface area contributed by atoms with E-state index in [0.29, 0.717) is 22.6 Å². The number of sulfonamides is 1. The lowest BCUT2D eigenvalue weighted by molar-refractivity contribution is 0.0998. The van der Waals surface area contributed by atoms with E-state index in [4.69, 9.17) is 6.42 Å². The van der Waals surface area contributed by atoms with E-state index >= 15 is 0 Å². The number of rotatable bonds is 6. The molecule has 0 fully saturated rings. The molecule has 0 saturated carbocycles. The number of benzene rings is 3. The van der Waals surface area contributed by atoms with Crippen molar-refractivity contribution >= 4 is 43.2 Å². The molecule has 0 radical (unpaired) electrons. The van der Waals surface area contributed by atoms with E-state index in [1.807, 2.05) is 23.6 Å². The van der Waals surface area contributed by atoms with Crippen LogP contribution in [-0.2, 0) is 23.0 Å². The lowest BCUT2D eigenvalue weighted by atomic mass is 10.2. The molecule has 0 aliphatic heterocycles. The number of carbonyl (C=O) groups excluding carboxylic acids is 1. The molecule has 0 aliphatic carbocycles. The van der Waals surface area contributed by atoms with Crippen molar-refractivity contribution in [1.29, 1.82) is 0 Å². The zero-order valence-electron chi connectivity index (χ0n) is 18.8. The molecule has 1 amide bonds. The van der Waals surface area contributed by atoms with Gasteiger partial charge in [-0.1, -0.05) is 47.9 Å². The van der Waals surface area contributed by atoms with Crippen LogP contribution in [-0.4, -0.2) is 18.9 Å². The van der Waals surface area contributed by atoms with Crippen molar-refractivity contribution in [3.63, 3.8) is 0 Å². The number of hydrogen-bond donors (Lipinski definition) is 1. The number of aryl methyl sites for hydroxylation is 2. The van der Waals surface area contributed by atoms with E-state index in [9.17, 15) is 13.2 Å². The number of fused-ring (bicyclic) bond motifs is 1. The minimum Gasteiger partial charge on any atom is -0.305 e. The van der Waals surface area contributed by atoms with Gasteiger partial charge in [-0.2, -0.15) is 4.99 Å². The molecule has 172 valence electrons. The summed E-state index contributed by atoms with van der Waals surface area (Å²) in [5, 5.41) is 0. The predicted octanol–water partition coefficient (Wildman–Crippen LogP) is 4.75. The van der Waals surface area contributed by atoms with Gasteiger partial charge in [0.15, 0.2) is 4.80 Å². The number of carbonyl (C=O) groups is 1. The number of nitrogens with one attached hydrogen (secondary N) is 1. The Labute approximate surface area is 202 Å². The minimum atomic E-state index is -3.72. The van der Waals surface area contributed by atoms with E-state index in [1.54, 1.807) is 48.5 Å². The second kappa shape index (κ2) is 9.67. The maximum absolute atomic E-state index is 12.9. The molecule has 3 aromatic carbocycles. The Morgan fingerprint density at radius 1 is 1.09 bits per heavy atom. The van der Waals surface area contributed by atoms with Crippen LogP contribution < -0.4 is 9.52 Å². The summed E-state index contributed by atoms with van der Waals surface area (Å²) < 4.78 is 30.6. The summed E-state index contributed by atoms with van der Waals surface area (Å²) in [7, 11) is -3.72. The number of terminal acetylenes is 1. The minimum absolute atomic E-state index is 0.169. The highest BCUT2D eigenvalue weighted by molar-refractivity contribution is 7.92. The van der Waals surface area contributed by atoms with Crippen molar-refractivity contribution in [2.75, 3.05) is 4.72 Å². The average Bonchev–Trinajstić information content (AvgIpc) is 3.15. The largest absolute Gasteiger partial charge is 0.305 e. The highest BCUT2D eigenvalue weighted by atomic mass is 32.2.